The summed E-state index contributed by atoms with van der Waals surface area (Å²) in [6.07, 6.45) is 1.44. The van der Waals surface area contributed by atoms with Crippen molar-refractivity contribution in [3.05, 3.63) is 83.3 Å². The van der Waals surface area contributed by atoms with Gasteiger partial charge in [-0.2, -0.15) is 0 Å². The lowest BCUT2D eigenvalue weighted by Crippen LogP contribution is -2.44. The minimum absolute atomic E-state index is 0.0216. The largest absolute Gasteiger partial charge is 0.491 e. The van der Waals surface area contributed by atoms with Gasteiger partial charge in [0.05, 0.1) is 16.6 Å². The normalized spacial score (nSPS) is 19.2. The summed E-state index contributed by atoms with van der Waals surface area (Å²) in [6.45, 7) is 21.2. The first-order chi connectivity index (χ1) is 15.3. The molecule has 0 bridgehead atoms. The Labute approximate surface area is 200 Å². The van der Waals surface area contributed by atoms with E-state index in [2.05, 4.69) is 46.4 Å². The van der Waals surface area contributed by atoms with Crippen LogP contribution in [0.3, 0.4) is 0 Å². The second-order valence-electron chi connectivity index (χ2n) is 11.3. The van der Waals surface area contributed by atoms with Crippen LogP contribution in [0.4, 0.5) is 0 Å². The molecule has 0 spiro atoms. The van der Waals surface area contributed by atoms with E-state index in [0.717, 1.165) is 12.0 Å². The van der Waals surface area contributed by atoms with E-state index in [0.29, 0.717) is 17.5 Å². The molecule has 2 aromatic rings. The number of benzene rings is 2. The Bertz CT molecular complexity index is 983. The first kappa shape index (κ1) is 25.5. The van der Waals surface area contributed by atoms with Crippen LogP contribution in [-0.2, 0) is 20.1 Å². The molecule has 33 heavy (non-hydrogen) atoms. The molecule has 3 nitrogen and oxygen atoms in total. The molecule has 0 aliphatic carbocycles. The van der Waals surface area contributed by atoms with Gasteiger partial charge in [0.15, 0.2) is 5.78 Å². The maximum atomic E-state index is 14.4. The first-order valence-corrected chi connectivity index (χ1v) is 12.0. The lowest BCUT2D eigenvalue weighted by molar-refractivity contribution is 0.00578. The Morgan fingerprint density at radius 1 is 0.879 bits per heavy atom. The highest BCUT2D eigenvalue weighted by Crippen LogP contribution is 2.46. The van der Waals surface area contributed by atoms with E-state index < -0.39 is 23.7 Å². The number of hydrogen-bond acceptors (Lipinski definition) is 3. The van der Waals surface area contributed by atoms with Crippen molar-refractivity contribution >= 4 is 12.9 Å². The van der Waals surface area contributed by atoms with Crippen molar-refractivity contribution in [2.24, 2.45) is 0 Å². The Balaban J connectivity index is 2.13. The number of hydrogen-bond donors (Lipinski definition) is 0. The predicted molar refractivity (Wildman–Crippen MR) is 138 cm³/mol. The van der Waals surface area contributed by atoms with Gasteiger partial charge in [-0.25, -0.2) is 0 Å². The number of carbonyl (C=O) groups is 1. The molecule has 1 aliphatic rings. The standard InChI is InChI=1S/C29H39BO3/c1-10-20-29(24-14-12-11-13-15-24,21(2)30-32-27(6,7)28(8,9)33-30)25(31)22-16-18-23(19-17-22)26(3,4)5/h11-19H,2,10,20H2,1,3-9H3/t29-/m1/s1. The van der Waals surface area contributed by atoms with E-state index in [-0.39, 0.29) is 11.2 Å². The molecule has 0 N–H and O–H groups in total. The Hall–Kier alpha value is -2.17. The molecule has 1 atom stereocenters. The summed E-state index contributed by atoms with van der Waals surface area (Å²) in [4.78, 5) is 14.4. The van der Waals surface area contributed by atoms with Crippen LogP contribution in [0.2, 0.25) is 0 Å². The average molecular weight is 446 g/mol. The zero-order valence-corrected chi connectivity index (χ0v) is 21.6. The molecular weight excluding hydrogens is 407 g/mol. The smallest absolute Gasteiger partial charge is 0.400 e. The Morgan fingerprint density at radius 3 is 1.85 bits per heavy atom. The van der Waals surface area contributed by atoms with Crippen LogP contribution >= 0.6 is 0 Å². The first-order valence-electron chi connectivity index (χ1n) is 12.0. The third kappa shape index (κ3) is 4.61. The maximum Gasteiger partial charge on any atom is 0.491 e. The summed E-state index contributed by atoms with van der Waals surface area (Å²) in [7, 11) is -0.667. The molecule has 0 amide bonds. The third-order valence-electron chi connectivity index (χ3n) is 7.38. The minimum atomic E-state index is -0.944. The van der Waals surface area contributed by atoms with Gasteiger partial charge in [-0.05, 0) is 56.1 Å². The molecule has 3 rings (SSSR count). The average Bonchev–Trinajstić information content (AvgIpc) is 2.98. The number of Topliss-reactive ketones (excluding diaryl/α,β-unsaturated/α-hetero) is 1. The summed E-state index contributed by atoms with van der Waals surface area (Å²) in [5.41, 5.74) is 1.53. The van der Waals surface area contributed by atoms with E-state index in [4.69, 9.17) is 9.31 Å². The van der Waals surface area contributed by atoms with Crippen molar-refractivity contribution in [2.75, 3.05) is 0 Å². The highest BCUT2D eigenvalue weighted by atomic mass is 16.7. The second kappa shape index (κ2) is 8.89. The Kier molecular flexibility index (Phi) is 6.86. The summed E-state index contributed by atoms with van der Waals surface area (Å²) in [5.74, 6) is 0.0377. The Morgan fingerprint density at radius 2 is 1.39 bits per heavy atom. The van der Waals surface area contributed by atoms with Gasteiger partial charge in [-0.3, -0.25) is 4.79 Å². The molecular formula is C29H39BO3. The fraction of sp³-hybridized carbons (Fsp3) is 0.483. The second-order valence-corrected chi connectivity index (χ2v) is 11.3. The summed E-state index contributed by atoms with van der Waals surface area (Å²) < 4.78 is 12.8. The zero-order chi connectivity index (χ0) is 24.7. The lowest BCUT2D eigenvalue weighted by atomic mass is 9.56. The lowest BCUT2D eigenvalue weighted by Gasteiger charge is -2.36. The van der Waals surface area contributed by atoms with Crippen LogP contribution in [-0.4, -0.2) is 24.1 Å². The van der Waals surface area contributed by atoms with E-state index >= 15 is 0 Å². The summed E-state index contributed by atoms with van der Waals surface area (Å²) in [5, 5.41) is 0. The SMILES string of the molecule is C=C(B1OC(C)(C)C(C)(C)O1)[C@@](CCC)(C(=O)c1ccc(C(C)(C)C)cc1)c1ccccc1. The van der Waals surface area contributed by atoms with Crippen LogP contribution in [0.25, 0.3) is 0 Å². The van der Waals surface area contributed by atoms with Gasteiger partial charge in [0.1, 0.15) is 0 Å². The van der Waals surface area contributed by atoms with E-state index in [9.17, 15) is 4.79 Å². The maximum absolute atomic E-state index is 14.4. The van der Waals surface area contributed by atoms with Crippen molar-refractivity contribution in [2.45, 2.75) is 90.3 Å². The third-order valence-corrected chi connectivity index (χ3v) is 7.38. The summed E-state index contributed by atoms with van der Waals surface area (Å²) >= 11 is 0. The van der Waals surface area contributed by atoms with Crippen LogP contribution in [0, 0.1) is 0 Å². The number of ketones is 1. The molecule has 4 heteroatoms. The van der Waals surface area contributed by atoms with Gasteiger partial charge >= 0.3 is 7.12 Å². The van der Waals surface area contributed by atoms with Crippen LogP contribution in [0.5, 0.6) is 0 Å². The van der Waals surface area contributed by atoms with Gasteiger partial charge < -0.3 is 9.31 Å². The molecule has 1 aliphatic heterocycles. The van der Waals surface area contributed by atoms with Crippen molar-refractivity contribution in [1.82, 2.24) is 0 Å². The molecule has 2 aromatic carbocycles. The highest BCUT2D eigenvalue weighted by molar-refractivity contribution is 6.56. The van der Waals surface area contributed by atoms with Crippen molar-refractivity contribution in [1.29, 1.82) is 0 Å². The number of carbonyl (C=O) groups excluding carboxylic acids is 1. The quantitative estimate of drug-likeness (QED) is 0.336. The van der Waals surface area contributed by atoms with Crippen molar-refractivity contribution in [3.8, 4) is 0 Å². The predicted octanol–water partition coefficient (Wildman–Crippen LogP) is 7.09. The zero-order valence-electron chi connectivity index (χ0n) is 21.6. The monoisotopic (exact) mass is 446 g/mol. The van der Waals surface area contributed by atoms with Gasteiger partial charge in [0.25, 0.3) is 0 Å². The van der Waals surface area contributed by atoms with Crippen LogP contribution < -0.4 is 0 Å². The number of allylic oxidation sites excluding steroid dienone is 1. The van der Waals surface area contributed by atoms with Crippen LogP contribution in [0.1, 0.15) is 89.7 Å². The molecule has 0 radical (unpaired) electrons. The van der Waals surface area contributed by atoms with Gasteiger partial charge in [0, 0.05) is 5.56 Å². The number of rotatable bonds is 7. The molecule has 0 unspecified atom stereocenters. The fourth-order valence-electron chi connectivity index (χ4n) is 4.53. The minimum Gasteiger partial charge on any atom is -0.400 e. The van der Waals surface area contributed by atoms with E-state index in [1.54, 1.807) is 0 Å². The van der Waals surface area contributed by atoms with Crippen LogP contribution in [0.15, 0.2) is 66.6 Å². The fourth-order valence-corrected chi connectivity index (χ4v) is 4.53. The van der Waals surface area contributed by atoms with E-state index in [1.807, 2.05) is 70.2 Å². The van der Waals surface area contributed by atoms with Gasteiger partial charge in [-0.15, -0.1) is 6.58 Å². The summed E-state index contributed by atoms with van der Waals surface area (Å²) in [6, 6.07) is 18.0. The molecule has 176 valence electrons. The van der Waals surface area contributed by atoms with E-state index in [1.165, 1.54) is 5.56 Å². The molecule has 1 heterocycles. The topological polar surface area (TPSA) is 35.5 Å². The molecule has 0 aromatic heterocycles. The van der Waals surface area contributed by atoms with Gasteiger partial charge in [-0.1, -0.05) is 88.7 Å². The molecule has 1 saturated heterocycles. The van der Waals surface area contributed by atoms with Crippen molar-refractivity contribution in [3.63, 3.8) is 0 Å². The highest BCUT2D eigenvalue weighted by Gasteiger charge is 2.57. The molecule has 0 saturated carbocycles. The van der Waals surface area contributed by atoms with Crippen molar-refractivity contribution < 1.29 is 14.1 Å². The molecule has 1 fully saturated rings. The van der Waals surface area contributed by atoms with Gasteiger partial charge in [0.2, 0.25) is 0 Å².